The van der Waals surface area contributed by atoms with Gasteiger partial charge in [-0.25, -0.2) is 0 Å². The van der Waals surface area contributed by atoms with E-state index in [0.29, 0.717) is 0 Å². The Morgan fingerprint density at radius 1 is 1.43 bits per heavy atom. The van der Waals surface area contributed by atoms with Gasteiger partial charge < -0.3 is 0 Å². The molecule has 2 aliphatic carbocycles. The summed E-state index contributed by atoms with van der Waals surface area (Å²) in [6.45, 7) is 0. The van der Waals surface area contributed by atoms with Gasteiger partial charge in [0.25, 0.3) is 0 Å². The average Bonchev–Trinajstić information content (AvgIpc) is 1.85. The molecule has 0 aliphatic heterocycles. The van der Waals surface area contributed by atoms with Gasteiger partial charge in [-0.3, -0.25) is 0 Å². The highest BCUT2D eigenvalue weighted by atomic mass is 14.3. The molecule has 0 radical (unpaired) electrons. The Kier molecular flexibility index (Phi) is 0.592. The van der Waals surface area contributed by atoms with E-state index in [1.54, 1.807) is 5.57 Å². The molecule has 0 aromatic rings. The van der Waals surface area contributed by atoms with Crippen molar-refractivity contribution in [3.8, 4) is 0 Å². The van der Waals surface area contributed by atoms with E-state index >= 15 is 0 Å². The first-order valence-corrected chi connectivity index (χ1v) is 3.16. The Labute approximate surface area is 44.2 Å². The molecular weight excluding hydrogens is 84.1 g/mol. The molecule has 0 heteroatoms. The summed E-state index contributed by atoms with van der Waals surface area (Å²) in [5.74, 6) is 1.06. The molecule has 0 aromatic carbocycles. The number of fused-ring (bicyclic) bond motifs is 1. The minimum atomic E-state index is 1.06. The van der Waals surface area contributed by atoms with E-state index < -0.39 is 0 Å². The van der Waals surface area contributed by atoms with Crippen LogP contribution in [0.5, 0.6) is 0 Å². The third kappa shape index (κ3) is 0.370. The second kappa shape index (κ2) is 1.12. The van der Waals surface area contributed by atoms with Crippen molar-refractivity contribution in [3.05, 3.63) is 11.6 Å². The van der Waals surface area contributed by atoms with E-state index in [0.717, 1.165) is 5.92 Å². The summed E-state index contributed by atoms with van der Waals surface area (Å²) in [5, 5.41) is 0. The molecule has 2 aliphatic rings. The van der Waals surface area contributed by atoms with Gasteiger partial charge in [-0.2, -0.15) is 0 Å². The second-order valence-corrected chi connectivity index (χ2v) is 2.59. The van der Waals surface area contributed by atoms with Crippen LogP contribution in [-0.4, -0.2) is 0 Å². The van der Waals surface area contributed by atoms with Gasteiger partial charge >= 0.3 is 0 Å². The van der Waals surface area contributed by atoms with Crippen molar-refractivity contribution in [3.63, 3.8) is 0 Å². The van der Waals surface area contributed by atoms with Crippen molar-refractivity contribution < 1.29 is 0 Å². The van der Waals surface area contributed by atoms with Gasteiger partial charge in [0.05, 0.1) is 0 Å². The minimum absolute atomic E-state index is 1.06. The third-order valence-electron chi connectivity index (χ3n) is 2.23. The first kappa shape index (κ1) is 3.71. The van der Waals surface area contributed by atoms with E-state index in [2.05, 4.69) is 6.08 Å². The number of allylic oxidation sites excluding steroid dienone is 2. The largest absolute Gasteiger partial charge is 0.0850 e. The molecule has 1 saturated carbocycles. The smallest absolute Gasteiger partial charge is 0.0197 e. The highest BCUT2D eigenvalue weighted by molar-refractivity contribution is 5.19. The molecular formula is C7H10. The molecule has 0 nitrogen and oxygen atoms in total. The summed E-state index contributed by atoms with van der Waals surface area (Å²) in [5.41, 5.74) is 1.76. The van der Waals surface area contributed by atoms with Gasteiger partial charge in [0.1, 0.15) is 0 Å². The van der Waals surface area contributed by atoms with Gasteiger partial charge in [0.2, 0.25) is 0 Å². The normalized spacial score (nSPS) is 36.6. The van der Waals surface area contributed by atoms with Crippen molar-refractivity contribution in [1.82, 2.24) is 0 Å². The Morgan fingerprint density at radius 2 is 2.43 bits per heavy atom. The fourth-order valence-corrected chi connectivity index (χ4v) is 1.58. The van der Waals surface area contributed by atoms with Crippen LogP contribution in [0.15, 0.2) is 11.6 Å². The fraction of sp³-hybridized carbons (Fsp3) is 0.714. The molecule has 0 aromatic heterocycles. The second-order valence-electron chi connectivity index (χ2n) is 2.59. The number of hydrogen-bond donors (Lipinski definition) is 0. The molecule has 0 amide bonds. The van der Waals surface area contributed by atoms with Crippen LogP contribution in [0.2, 0.25) is 0 Å². The van der Waals surface area contributed by atoms with Crippen LogP contribution >= 0.6 is 0 Å². The summed E-state index contributed by atoms with van der Waals surface area (Å²) in [6, 6.07) is 0. The van der Waals surface area contributed by atoms with Crippen molar-refractivity contribution in [1.29, 1.82) is 0 Å². The predicted octanol–water partition coefficient (Wildman–Crippen LogP) is 2.12. The van der Waals surface area contributed by atoms with E-state index in [1.807, 2.05) is 0 Å². The van der Waals surface area contributed by atoms with Crippen molar-refractivity contribution in [2.75, 3.05) is 0 Å². The first-order chi connectivity index (χ1) is 3.47. The van der Waals surface area contributed by atoms with E-state index in [1.165, 1.54) is 25.7 Å². The summed E-state index contributed by atoms with van der Waals surface area (Å²) >= 11 is 0. The quantitative estimate of drug-likeness (QED) is 0.403. The highest BCUT2D eigenvalue weighted by Crippen LogP contribution is 2.41. The Morgan fingerprint density at radius 3 is 2.71 bits per heavy atom. The van der Waals surface area contributed by atoms with Gasteiger partial charge in [-0.05, 0) is 31.6 Å². The van der Waals surface area contributed by atoms with Crippen LogP contribution < -0.4 is 0 Å². The maximum Gasteiger partial charge on any atom is -0.0197 e. The van der Waals surface area contributed by atoms with E-state index in [9.17, 15) is 0 Å². The molecule has 0 N–H and O–H groups in total. The summed E-state index contributed by atoms with van der Waals surface area (Å²) in [6.07, 6.45) is 8.18. The molecule has 0 heterocycles. The number of rotatable bonds is 0. The zero-order valence-electron chi connectivity index (χ0n) is 4.48. The maximum atomic E-state index is 2.42. The lowest BCUT2D eigenvalue weighted by Gasteiger charge is -2.24. The fourth-order valence-electron chi connectivity index (χ4n) is 1.58. The van der Waals surface area contributed by atoms with Crippen molar-refractivity contribution in [2.45, 2.75) is 25.7 Å². The van der Waals surface area contributed by atoms with Crippen LogP contribution in [0.3, 0.4) is 0 Å². The topological polar surface area (TPSA) is 0 Å². The van der Waals surface area contributed by atoms with Crippen LogP contribution in [0.4, 0.5) is 0 Å². The van der Waals surface area contributed by atoms with Gasteiger partial charge in [0.15, 0.2) is 0 Å². The van der Waals surface area contributed by atoms with E-state index in [4.69, 9.17) is 0 Å². The average molecular weight is 94.2 g/mol. The molecule has 2 rings (SSSR count). The summed E-state index contributed by atoms with van der Waals surface area (Å²) in [7, 11) is 0. The van der Waals surface area contributed by atoms with E-state index in [-0.39, 0.29) is 0 Å². The van der Waals surface area contributed by atoms with Gasteiger partial charge in [-0.15, -0.1) is 0 Å². The van der Waals surface area contributed by atoms with Crippen LogP contribution in [0.25, 0.3) is 0 Å². The molecule has 1 atom stereocenters. The Hall–Kier alpha value is -0.260. The van der Waals surface area contributed by atoms with Crippen LogP contribution in [0, 0.1) is 5.92 Å². The van der Waals surface area contributed by atoms with Crippen LogP contribution in [-0.2, 0) is 0 Å². The maximum absolute atomic E-state index is 2.42. The summed E-state index contributed by atoms with van der Waals surface area (Å²) in [4.78, 5) is 0. The van der Waals surface area contributed by atoms with Crippen molar-refractivity contribution in [2.24, 2.45) is 5.92 Å². The van der Waals surface area contributed by atoms with Crippen molar-refractivity contribution >= 4 is 0 Å². The molecule has 1 fully saturated rings. The highest BCUT2D eigenvalue weighted by Gasteiger charge is 2.26. The zero-order valence-corrected chi connectivity index (χ0v) is 4.48. The van der Waals surface area contributed by atoms with Crippen LogP contribution in [0.1, 0.15) is 25.7 Å². The Bertz CT molecular complexity index is 111. The molecule has 7 heavy (non-hydrogen) atoms. The molecule has 0 saturated heterocycles. The third-order valence-corrected chi connectivity index (χ3v) is 2.23. The molecule has 38 valence electrons. The monoisotopic (exact) mass is 94.1 g/mol. The molecule has 0 bridgehead atoms. The lowest BCUT2D eigenvalue weighted by molar-refractivity contribution is 0.449. The summed E-state index contributed by atoms with van der Waals surface area (Å²) < 4.78 is 0. The lowest BCUT2D eigenvalue weighted by atomic mass is 9.82. The Balaban J connectivity index is 2.21. The van der Waals surface area contributed by atoms with Gasteiger partial charge in [-0.1, -0.05) is 11.6 Å². The van der Waals surface area contributed by atoms with Gasteiger partial charge in [0, 0.05) is 0 Å². The minimum Gasteiger partial charge on any atom is -0.0850 e. The lowest BCUT2D eigenvalue weighted by Crippen LogP contribution is -2.09. The standard InChI is InChI=1S/C7H10/c1-2-6-4-5-7(6)3-1/h2,7H,1,3-5H2/t7-/m0/s1. The zero-order chi connectivity index (χ0) is 4.69. The number of hydrogen-bond acceptors (Lipinski definition) is 0. The SMILES string of the molecule is C1=C2CC[C@@H]2CC1. The molecule has 0 unspecified atom stereocenters. The first-order valence-electron chi connectivity index (χ1n) is 3.16. The molecule has 0 spiro atoms. The predicted molar refractivity (Wildman–Crippen MR) is 30.0 cm³/mol.